The van der Waals surface area contributed by atoms with Crippen molar-refractivity contribution in [3.05, 3.63) is 41.2 Å². The minimum atomic E-state index is -0.234. The van der Waals surface area contributed by atoms with Gasteiger partial charge in [-0.25, -0.2) is 14.1 Å². The molecule has 0 atom stereocenters. The summed E-state index contributed by atoms with van der Waals surface area (Å²) < 4.78 is 15.1. The fraction of sp³-hybridized carbons (Fsp3) is 0.385. The second-order valence-electron chi connectivity index (χ2n) is 3.97. The largest absolute Gasteiger partial charge is 0.217 e. The quantitative estimate of drug-likeness (QED) is 0.810. The molecule has 0 saturated carbocycles. The molecule has 0 aliphatic rings. The highest BCUT2D eigenvalue weighted by atomic mass is 79.9. The molecule has 2 aromatic rings. The van der Waals surface area contributed by atoms with Crippen LogP contribution in [0.2, 0.25) is 0 Å². The molecular weight excluding hydrogens is 297 g/mol. The van der Waals surface area contributed by atoms with Gasteiger partial charge in [-0.05, 0) is 23.8 Å². The Morgan fingerprint density at radius 2 is 2.06 bits per heavy atom. The van der Waals surface area contributed by atoms with E-state index in [0.717, 1.165) is 35.7 Å². The van der Waals surface area contributed by atoms with Crippen LogP contribution < -0.4 is 0 Å². The molecule has 0 spiro atoms. The first-order chi connectivity index (χ1) is 8.69. The van der Waals surface area contributed by atoms with Crippen molar-refractivity contribution in [3.63, 3.8) is 0 Å². The molecule has 5 heteroatoms. The Labute approximate surface area is 114 Å². The summed E-state index contributed by atoms with van der Waals surface area (Å²) in [6.07, 6.45) is 1.59. The van der Waals surface area contributed by atoms with E-state index in [0.29, 0.717) is 5.33 Å². The molecule has 0 N–H and O–H groups in total. The molecule has 0 amide bonds. The SMILES string of the molecule is CCc1nc(CC)n(-c2ccc(F)cc2CBr)n1. The lowest BCUT2D eigenvalue weighted by molar-refractivity contribution is 0.625. The monoisotopic (exact) mass is 311 g/mol. The van der Waals surface area contributed by atoms with Crippen molar-refractivity contribution >= 4 is 15.9 Å². The van der Waals surface area contributed by atoms with Crippen LogP contribution >= 0.6 is 15.9 Å². The average molecular weight is 312 g/mol. The molecule has 0 fully saturated rings. The van der Waals surface area contributed by atoms with E-state index in [-0.39, 0.29) is 5.82 Å². The van der Waals surface area contributed by atoms with Crippen LogP contribution in [0.1, 0.15) is 31.1 Å². The number of hydrogen-bond acceptors (Lipinski definition) is 2. The third-order valence-electron chi connectivity index (χ3n) is 2.76. The summed E-state index contributed by atoms with van der Waals surface area (Å²) >= 11 is 3.38. The molecule has 0 saturated heterocycles. The van der Waals surface area contributed by atoms with Crippen molar-refractivity contribution in [1.82, 2.24) is 14.8 Å². The molecule has 96 valence electrons. The summed E-state index contributed by atoms with van der Waals surface area (Å²) in [5, 5.41) is 5.06. The van der Waals surface area contributed by atoms with Crippen LogP contribution in [-0.4, -0.2) is 14.8 Å². The van der Waals surface area contributed by atoms with Crippen molar-refractivity contribution in [1.29, 1.82) is 0 Å². The molecule has 18 heavy (non-hydrogen) atoms. The van der Waals surface area contributed by atoms with Crippen LogP contribution in [0.3, 0.4) is 0 Å². The number of rotatable bonds is 4. The summed E-state index contributed by atoms with van der Waals surface area (Å²) in [7, 11) is 0. The Hall–Kier alpha value is -1.23. The van der Waals surface area contributed by atoms with E-state index >= 15 is 0 Å². The normalized spacial score (nSPS) is 10.9. The van der Waals surface area contributed by atoms with Gasteiger partial charge >= 0.3 is 0 Å². The predicted molar refractivity (Wildman–Crippen MR) is 72.7 cm³/mol. The molecule has 0 aliphatic heterocycles. The smallest absolute Gasteiger partial charge is 0.151 e. The zero-order valence-electron chi connectivity index (χ0n) is 10.5. The molecule has 2 rings (SSSR count). The highest BCUT2D eigenvalue weighted by Crippen LogP contribution is 2.20. The van der Waals surface area contributed by atoms with Crippen LogP contribution in [0.15, 0.2) is 18.2 Å². The maximum Gasteiger partial charge on any atom is 0.151 e. The number of aryl methyl sites for hydroxylation is 2. The second kappa shape index (κ2) is 5.61. The topological polar surface area (TPSA) is 30.7 Å². The Balaban J connectivity index is 2.56. The third-order valence-corrected chi connectivity index (χ3v) is 3.37. The predicted octanol–water partition coefficient (Wildman–Crippen LogP) is 3.43. The van der Waals surface area contributed by atoms with E-state index in [4.69, 9.17) is 0 Å². The highest BCUT2D eigenvalue weighted by Gasteiger charge is 2.12. The van der Waals surface area contributed by atoms with E-state index in [1.165, 1.54) is 12.1 Å². The molecular formula is C13H15BrFN3. The maximum absolute atomic E-state index is 13.2. The molecule has 0 bridgehead atoms. The number of halogens is 2. The van der Waals surface area contributed by atoms with E-state index in [1.54, 1.807) is 6.07 Å². The molecule has 1 aromatic carbocycles. The summed E-state index contributed by atoms with van der Waals surface area (Å²) in [5.41, 5.74) is 1.76. The van der Waals surface area contributed by atoms with Gasteiger partial charge in [0.15, 0.2) is 5.82 Å². The van der Waals surface area contributed by atoms with Crippen molar-refractivity contribution < 1.29 is 4.39 Å². The van der Waals surface area contributed by atoms with Crippen LogP contribution in [0.4, 0.5) is 4.39 Å². The first kappa shape index (κ1) is 13.2. The first-order valence-corrected chi connectivity index (χ1v) is 7.11. The molecule has 0 unspecified atom stereocenters. The average Bonchev–Trinajstić information content (AvgIpc) is 2.81. The van der Waals surface area contributed by atoms with Gasteiger partial charge in [-0.2, -0.15) is 5.10 Å². The minimum Gasteiger partial charge on any atom is -0.217 e. The summed E-state index contributed by atoms with van der Waals surface area (Å²) in [6, 6.07) is 4.73. The van der Waals surface area contributed by atoms with Gasteiger partial charge in [0.05, 0.1) is 5.69 Å². The van der Waals surface area contributed by atoms with Crippen molar-refractivity contribution in [2.45, 2.75) is 32.0 Å². The number of benzene rings is 1. The fourth-order valence-electron chi connectivity index (χ4n) is 1.83. The van der Waals surface area contributed by atoms with Gasteiger partial charge in [-0.3, -0.25) is 0 Å². The van der Waals surface area contributed by atoms with Gasteiger partial charge in [0.2, 0.25) is 0 Å². The van der Waals surface area contributed by atoms with Gasteiger partial charge in [0.25, 0.3) is 0 Å². The number of alkyl halides is 1. The minimum absolute atomic E-state index is 0.234. The van der Waals surface area contributed by atoms with Gasteiger partial charge in [-0.15, -0.1) is 0 Å². The highest BCUT2D eigenvalue weighted by molar-refractivity contribution is 9.08. The van der Waals surface area contributed by atoms with Gasteiger partial charge < -0.3 is 0 Å². The molecule has 1 heterocycles. The van der Waals surface area contributed by atoms with Crippen LogP contribution in [0.25, 0.3) is 5.69 Å². The van der Waals surface area contributed by atoms with Crippen LogP contribution in [0.5, 0.6) is 0 Å². The summed E-state index contributed by atoms with van der Waals surface area (Å²) in [5.74, 6) is 1.49. The van der Waals surface area contributed by atoms with E-state index < -0.39 is 0 Å². The molecule has 1 aromatic heterocycles. The molecule has 0 radical (unpaired) electrons. The Bertz CT molecular complexity index is 551. The first-order valence-electron chi connectivity index (χ1n) is 5.99. The van der Waals surface area contributed by atoms with E-state index in [1.807, 2.05) is 18.5 Å². The fourth-order valence-corrected chi connectivity index (χ4v) is 2.28. The Morgan fingerprint density at radius 1 is 1.28 bits per heavy atom. The third kappa shape index (κ3) is 2.46. The Morgan fingerprint density at radius 3 is 2.67 bits per heavy atom. The van der Waals surface area contributed by atoms with Crippen LogP contribution in [0, 0.1) is 5.82 Å². The van der Waals surface area contributed by atoms with Crippen molar-refractivity contribution in [2.24, 2.45) is 0 Å². The van der Waals surface area contributed by atoms with E-state index in [9.17, 15) is 4.39 Å². The standard InChI is InChI=1S/C13H15BrFN3/c1-3-12-16-13(4-2)18(17-12)11-6-5-10(15)7-9(11)8-14/h5-7H,3-4,8H2,1-2H3. The summed E-state index contributed by atoms with van der Waals surface area (Å²) in [6.45, 7) is 4.06. The summed E-state index contributed by atoms with van der Waals surface area (Å²) in [4.78, 5) is 4.46. The number of hydrogen-bond donors (Lipinski definition) is 0. The van der Waals surface area contributed by atoms with E-state index in [2.05, 4.69) is 26.0 Å². The Kier molecular flexibility index (Phi) is 4.11. The lowest BCUT2D eigenvalue weighted by Crippen LogP contribution is -2.05. The van der Waals surface area contributed by atoms with Crippen molar-refractivity contribution in [3.8, 4) is 5.69 Å². The molecule has 0 aliphatic carbocycles. The number of nitrogens with zero attached hydrogens (tertiary/aromatic N) is 3. The van der Waals surface area contributed by atoms with Gasteiger partial charge in [0, 0.05) is 18.2 Å². The second-order valence-corrected chi connectivity index (χ2v) is 4.53. The van der Waals surface area contributed by atoms with Crippen molar-refractivity contribution in [2.75, 3.05) is 0 Å². The lowest BCUT2D eigenvalue weighted by Gasteiger charge is -2.09. The zero-order chi connectivity index (χ0) is 13.1. The molecule has 3 nitrogen and oxygen atoms in total. The maximum atomic E-state index is 13.2. The zero-order valence-corrected chi connectivity index (χ0v) is 12.0. The van der Waals surface area contributed by atoms with Gasteiger partial charge in [-0.1, -0.05) is 29.8 Å². The number of aromatic nitrogens is 3. The lowest BCUT2D eigenvalue weighted by atomic mass is 10.2. The van der Waals surface area contributed by atoms with Gasteiger partial charge in [0.1, 0.15) is 11.6 Å². The van der Waals surface area contributed by atoms with Crippen LogP contribution in [-0.2, 0) is 18.2 Å².